The third kappa shape index (κ3) is 4.35. The summed E-state index contributed by atoms with van der Waals surface area (Å²) in [5.74, 6) is 0.761. The van der Waals surface area contributed by atoms with Gasteiger partial charge in [-0.15, -0.1) is 0 Å². The van der Waals surface area contributed by atoms with Gasteiger partial charge in [-0.05, 0) is 36.4 Å². The van der Waals surface area contributed by atoms with E-state index in [2.05, 4.69) is 5.32 Å². The minimum absolute atomic E-state index is 0.430. The summed E-state index contributed by atoms with van der Waals surface area (Å²) in [5, 5.41) is 5.22. The van der Waals surface area contributed by atoms with Gasteiger partial charge in [0.15, 0.2) is 0 Å². The maximum Gasteiger partial charge on any atom is 0.119 e. The number of ether oxygens (including phenoxy) is 1. The van der Waals surface area contributed by atoms with Crippen LogP contribution in [-0.4, -0.2) is 13.2 Å². The summed E-state index contributed by atoms with van der Waals surface area (Å²) in [6.07, 6.45) is 0. The second kappa shape index (κ2) is 7.28. The van der Waals surface area contributed by atoms with E-state index in [0.717, 1.165) is 11.4 Å². The highest BCUT2D eigenvalue weighted by Crippen LogP contribution is 2.32. The summed E-state index contributed by atoms with van der Waals surface area (Å²) >= 11 is 23.6. The fraction of sp³-hybridized carbons (Fsp3) is 0.143. The highest BCUT2D eigenvalue weighted by atomic mass is 35.5. The molecule has 0 amide bonds. The van der Waals surface area contributed by atoms with E-state index in [4.69, 9.17) is 51.1 Å². The molecule has 0 radical (unpaired) electrons. The van der Waals surface area contributed by atoms with Gasteiger partial charge in [0.1, 0.15) is 12.4 Å². The largest absolute Gasteiger partial charge is 0.492 e. The van der Waals surface area contributed by atoms with Gasteiger partial charge in [-0.3, -0.25) is 0 Å². The van der Waals surface area contributed by atoms with Gasteiger partial charge in [-0.25, -0.2) is 0 Å². The first kappa shape index (κ1) is 15.6. The molecule has 0 saturated heterocycles. The quantitative estimate of drug-likeness (QED) is 0.544. The van der Waals surface area contributed by atoms with Crippen LogP contribution in [0.4, 0.5) is 5.69 Å². The Morgan fingerprint density at radius 1 is 0.850 bits per heavy atom. The Labute approximate surface area is 137 Å². The number of anilines is 1. The molecule has 0 fully saturated rings. The Hall–Kier alpha value is -0.800. The van der Waals surface area contributed by atoms with Crippen LogP contribution >= 0.6 is 46.4 Å². The smallest absolute Gasteiger partial charge is 0.119 e. The maximum absolute atomic E-state index is 6.05. The number of halogens is 4. The third-order valence-electron chi connectivity index (χ3n) is 2.51. The Morgan fingerprint density at radius 2 is 1.50 bits per heavy atom. The zero-order valence-electron chi connectivity index (χ0n) is 10.3. The topological polar surface area (TPSA) is 21.3 Å². The minimum Gasteiger partial charge on any atom is -0.492 e. The number of benzene rings is 2. The molecule has 6 heteroatoms. The van der Waals surface area contributed by atoms with Gasteiger partial charge in [0.2, 0.25) is 0 Å². The van der Waals surface area contributed by atoms with Crippen LogP contribution in [0.1, 0.15) is 0 Å². The van der Waals surface area contributed by atoms with Crippen LogP contribution in [0.2, 0.25) is 20.1 Å². The molecule has 0 aliphatic rings. The lowest BCUT2D eigenvalue weighted by atomic mass is 10.3. The molecule has 0 aliphatic heterocycles. The van der Waals surface area contributed by atoms with Crippen molar-refractivity contribution in [3.8, 4) is 5.75 Å². The SMILES string of the molecule is Clc1ccc(OCCNc2cc(Cl)c(Cl)cc2Cl)cc1. The number of nitrogens with one attached hydrogen (secondary N) is 1. The van der Waals surface area contributed by atoms with Crippen molar-refractivity contribution in [1.29, 1.82) is 0 Å². The van der Waals surface area contributed by atoms with Crippen molar-refractivity contribution in [2.75, 3.05) is 18.5 Å². The molecular formula is C14H11Cl4NO. The van der Waals surface area contributed by atoms with E-state index in [9.17, 15) is 0 Å². The average Bonchev–Trinajstić information content (AvgIpc) is 2.42. The van der Waals surface area contributed by atoms with E-state index in [1.807, 2.05) is 12.1 Å². The Balaban J connectivity index is 1.84. The first-order chi connectivity index (χ1) is 9.56. The molecule has 0 heterocycles. The van der Waals surface area contributed by atoms with Crippen molar-refractivity contribution in [1.82, 2.24) is 0 Å². The molecule has 1 N–H and O–H groups in total. The summed E-state index contributed by atoms with van der Waals surface area (Å²) in [7, 11) is 0. The lowest BCUT2D eigenvalue weighted by Gasteiger charge is -2.11. The highest BCUT2D eigenvalue weighted by Gasteiger charge is 2.05. The van der Waals surface area contributed by atoms with Gasteiger partial charge < -0.3 is 10.1 Å². The number of hydrogen-bond donors (Lipinski definition) is 1. The number of hydrogen-bond acceptors (Lipinski definition) is 2. The minimum atomic E-state index is 0.430. The lowest BCUT2D eigenvalue weighted by Crippen LogP contribution is -2.11. The van der Waals surface area contributed by atoms with Gasteiger partial charge >= 0.3 is 0 Å². The predicted octanol–water partition coefficient (Wildman–Crippen LogP) is 5.79. The monoisotopic (exact) mass is 349 g/mol. The average molecular weight is 351 g/mol. The van der Waals surface area contributed by atoms with E-state index in [1.165, 1.54) is 0 Å². The van der Waals surface area contributed by atoms with Crippen molar-refractivity contribution < 1.29 is 4.74 Å². The van der Waals surface area contributed by atoms with E-state index in [0.29, 0.717) is 33.2 Å². The second-order valence-corrected chi connectivity index (χ2v) is 5.63. The van der Waals surface area contributed by atoms with Gasteiger partial charge in [0, 0.05) is 11.6 Å². The molecule has 0 aromatic heterocycles. The summed E-state index contributed by atoms with van der Waals surface area (Å²) in [4.78, 5) is 0. The van der Waals surface area contributed by atoms with Crippen molar-refractivity contribution >= 4 is 52.1 Å². The summed E-state index contributed by atoms with van der Waals surface area (Å²) in [5.41, 5.74) is 0.723. The fourth-order valence-electron chi connectivity index (χ4n) is 1.54. The van der Waals surface area contributed by atoms with Crippen LogP contribution in [0.15, 0.2) is 36.4 Å². The summed E-state index contributed by atoms with van der Waals surface area (Å²) < 4.78 is 5.55. The van der Waals surface area contributed by atoms with E-state index < -0.39 is 0 Å². The van der Waals surface area contributed by atoms with E-state index >= 15 is 0 Å². The van der Waals surface area contributed by atoms with Crippen LogP contribution in [0.3, 0.4) is 0 Å². The molecule has 0 atom stereocenters. The maximum atomic E-state index is 6.05. The van der Waals surface area contributed by atoms with Gasteiger partial charge in [-0.2, -0.15) is 0 Å². The van der Waals surface area contributed by atoms with E-state index in [-0.39, 0.29) is 0 Å². The molecule has 20 heavy (non-hydrogen) atoms. The van der Waals surface area contributed by atoms with Crippen LogP contribution < -0.4 is 10.1 Å². The predicted molar refractivity (Wildman–Crippen MR) is 86.9 cm³/mol. The molecule has 0 saturated carbocycles. The molecule has 2 rings (SSSR count). The fourth-order valence-corrected chi connectivity index (χ4v) is 2.28. The summed E-state index contributed by atoms with van der Waals surface area (Å²) in [6, 6.07) is 10.5. The zero-order valence-corrected chi connectivity index (χ0v) is 13.3. The van der Waals surface area contributed by atoms with E-state index in [1.54, 1.807) is 24.3 Å². The van der Waals surface area contributed by atoms with Gasteiger partial charge in [0.05, 0.1) is 20.8 Å². The molecular weight excluding hydrogens is 340 g/mol. The second-order valence-electron chi connectivity index (χ2n) is 3.98. The van der Waals surface area contributed by atoms with Gasteiger partial charge in [-0.1, -0.05) is 46.4 Å². The molecule has 0 bridgehead atoms. The molecule has 2 nitrogen and oxygen atoms in total. The zero-order chi connectivity index (χ0) is 14.5. The van der Waals surface area contributed by atoms with Crippen molar-refractivity contribution in [3.05, 3.63) is 56.5 Å². The lowest BCUT2D eigenvalue weighted by molar-refractivity contribution is 0.333. The molecule has 0 unspecified atom stereocenters. The third-order valence-corrected chi connectivity index (χ3v) is 3.80. The van der Waals surface area contributed by atoms with Crippen LogP contribution in [-0.2, 0) is 0 Å². The molecule has 0 spiro atoms. The van der Waals surface area contributed by atoms with Crippen LogP contribution in [0, 0.1) is 0 Å². The Kier molecular flexibility index (Phi) is 5.67. The van der Waals surface area contributed by atoms with Crippen LogP contribution in [0.25, 0.3) is 0 Å². The van der Waals surface area contributed by atoms with Crippen LogP contribution in [0.5, 0.6) is 5.75 Å². The Bertz CT molecular complexity index is 586. The molecule has 106 valence electrons. The first-order valence-electron chi connectivity index (χ1n) is 5.83. The first-order valence-corrected chi connectivity index (χ1v) is 7.34. The Morgan fingerprint density at radius 3 is 2.20 bits per heavy atom. The normalized spacial score (nSPS) is 10.4. The number of rotatable bonds is 5. The molecule has 2 aromatic carbocycles. The van der Waals surface area contributed by atoms with Crippen molar-refractivity contribution in [3.63, 3.8) is 0 Å². The standard InChI is InChI=1S/C14H11Cl4NO/c15-9-1-3-10(4-2-9)20-6-5-19-14-8-12(17)11(16)7-13(14)18/h1-4,7-8,19H,5-6H2. The van der Waals surface area contributed by atoms with Gasteiger partial charge in [0.25, 0.3) is 0 Å². The molecule has 0 aliphatic carbocycles. The van der Waals surface area contributed by atoms with Crippen molar-refractivity contribution in [2.45, 2.75) is 0 Å². The summed E-state index contributed by atoms with van der Waals surface area (Å²) in [6.45, 7) is 1.07. The van der Waals surface area contributed by atoms with Crippen molar-refractivity contribution in [2.24, 2.45) is 0 Å². The highest BCUT2D eigenvalue weighted by molar-refractivity contribution is 6.44. The molecule has 2 aromatic rings.